The van der Waals surface area contributed by atoms with Crippen molar-refractivity contribution in [3.63, 3.8) is 0 Å². The van der Waals surface area contributed by atoms with E-state index in [0.29, 0.717) is 0 Å². The quantitative estimate of drug-likeness (QED) is 0.409. The predicted molar refractivity (Wildman–Crippen MR) is 25.2 cm³/mol. The lowest BCUT2D eigenvalue weighted by molar-refractivity contribution is -0.136. The molecule has 0 bridgehead atoms. The summed E-state index contributed by atoms with van der Waals surface area (Å²) in [4.78, 5) is 22.0. The highest BCUT2D eigenvalue weighted by atomic mass is 16.4. The second-order valence-electron chi connectivity index (χ2n) is 1.12. The summed E-state index contributed by atoms with van der Waals surface area (Å²) in [5.41, 5.74) is 0. The minimum Gasteiger partial charge on any atom is -0.481 e. The Morgan fingerprint density at radius 2 is 2.38 bits per heavy atom. The first-order valence-electron chi connectivity index (χ1n) is 2.03. The molecule has 0 rings (SSSR count). The van der Waals surface area contributed by atoms with Crippen LogP contribution in [0.25, 0.3) is 0 Å². The Morgan fingerprint density at radius 1 is 1.75 bits per heavy atom. The molecular weight excluding hydrogens is 110 g/mol. The molecule has 0 heterocycles. The van der Waals surface area contributed by atoms with Gasteiger partial charge in [0.1, 0.15) is 0 Å². The maximum atomic E-state index is 9.68. The minimum atomic E-state index is -0.955. The molecule has 0 atom stereocenters. The lowest BCUT2D eigenvalue weighted by Gasteiger charge is -1.80. The van der Waals surface area contributed by atoms with Gasteiger partial charge in [0, 0.05) is 0 Å². The number of carbonyl (C=O) groups is 1. The molecule has 0 spiro atoms. The molecule has 4 nitrogen and oxygen atoms in total. The first-order valence-corrected chi connectivity index (χ1v) is 2.03. The van der Waals surface area contributed by atoms with Gasteiger partial charge in [0.15, 0.2) is 0 Å². The average Bonchev–Trinajstić information content (AvgIpc) is 1.66. The fraction of sp³-hybridized carbons (Fsp3) is 0.500. The highest BCUT2D eigenvalue weighted by Gasteiger charge is 1.91. The molecule has 0 aliphatic carbocycles. The van der Waals surface area contributed by atoms with Crippen molar-refractivity contribution in [2.75, 3.05) is 6.54 Å². The summed E-state index contributed by atoms with van der Waals surface area (Å²) in [5, 5.41) is 7.95. The second kappa shape index (κ2) is 4.02. The van der Waals surface area contributed by atoms with Crippen LogP contribution in [0.15, 0.2) is 4.99 Å². The number of carboxylic acid groups (broad SMARTS) is 1. The molecule has 0 amide bonds. The Balaban J connectivity index is 3.18. The molecular formula is C4H5NO3. The Bertz CT molecular complexity index is 123. The molecule has 8 heavy (non-hydrogen) atoms. The van der Waals surface area contributed by atoms with Crippen LogP contribution in [0, 0.1) is 0 Å². The normalized spacial score (nSPS) is 7.50. The Morgan fingerprint density at radius 3 is 2.75 bits per heavy atom. The van der Waals surface area contributed by atoms with Crippen LogP contribution in [0.1, 0.15) is 6.42 Å². The third-order valence-corrected chi connectivity index (χ3v) is 0.502. The molecule has 0 aromatic carbocycles. The third-order valence-electron chi connectivity index (χ3n) is 0.502. The third kappa shape index (κ3) is 4.85. The summed E-state index contributed by atoms with van der Waals surface area (Å²) < 4.78 is 0. The molecule has 0 fully saturated rings. The standard InChI is InChI=1S/C4H5NO3/c6-3-5-2-1-4(7)8/h1-2H2,(H,7,8). The molecule has 0 saturated heterocycles. The summed E-state index contributed by atoms with van der Waals surface area (Å²) >= 11 is 0. The van der Waals surface area contributed by atoms with Gasteiger partial charge in [-0.05, 0) is 0 Å². The lowest BCUT2D eigenvalue weighted by atomic mass is 10.4. The van der Waals surface area contributed by atoms with Crippen molar-refractivity contribution in [1.29, 1.82) is 0 Å². The first kappa shape index (κ1) is 6.85. The van der Waals surface area contributed by atoms with Crippen LogP contribution in [-0.2, 0) is 9.59 Å². The van der Waals surface area contributed by atoms with E-state index in [9.17, 15) is 9.59 Å². The highest BCUT2D eigenvalue weighted by Crippen LogP contribution is 1.76. The number of hydrogen-bond donors (Lipinski definition) is 1. The topological polar surface area (TPSA) is 66.7 Å². The zero-order valence-corrected chi connectivity index (χ0v) is 4.13. The van der Waals surface area contributed by atoms with Crippen LogP contribution in [0.3, 0.4) is 0 Å². The number of isocyanates is 1. The molecule has 0 aliphatic heterocycles. The van der Waals surface area contributed by atoms with Crippen LogP contribution in [0.5, 0.6) is 0 Å². The van der Waals surface area contributed by atoms with Crippen molar-refractivity contribution < 1.29 is 14.7 Å². The van der Waals surface area contributed by atoms with E-state index in [2.05, 4.69) is 4.99 Å². The number of rotatable bonds is 3. The van der Waals surface area contributed by atoms with Crippen molar-refractivity contribution in [2.45, 2.75) is 6.42 Å². The van der Waals surface area contributed by atoms with E-state index in [-0.39, 0.29) is 13.0 Å². The van der Waals surface area contributed by atoms with Crippen LogP contribution in [0.4, 0.5) is 0 Å². The highest BCUT2D eigenvalue weighted by molar-refractivity contribution is 5.67. The molecule has 1 N–H and O–H groups in total. The zero-order chi connectivity index (χ0) is 6.41. The predicted octanol–water partition coefficient (Wildman–Crippen LogP) is -0.203. The summed E-state index contributed by atoms with van der Waals surface area (Å²) in [5.74, 6) is -0.955. The van der Waals surface area contributed by atoms with Crippen LogP contribution >= 0.6 is 0 Å². The molecule has 44 valence electrons. The van der Waals surface area contributed by atoms with Crippen molar-refractivity contribution in [2.24, 2.45) is 4.99 Å². The Labute approximate surface area is 45.8 Å². The van der Waals surface area contributed by atoms with Crippen molar-refractivity contribution >= 4 is 12.0 Å². The average molecular weight is 115 g/mol. The van der Waals surface area contributed by atoms with Gasteiger partial charge in [0.2, 0.25) is 6.08 Å². The molecule has 0 saturated carbocycles. The second-order valence-corrected chi connectivity index (χ2v) is 1.12. The van der Waals surface area contributed by atoms with Gasteiger partial charge >= 0.3 is 5.97 Å². The van der Waals surface area contributed by atoms with Gasteiger partial charge < -0.3 is 5.11 Å². The number of aliphatic imine (C=N–C) groups is 1. The molecule has 4 heteroatoms. The van der Waals surface area contributed by atoms with E-state index in [1.807, 2.05) is 0 Å². The van der Waals surface area contributed by atoms with E-state index in [0.717, 1.165) is 0 Å². The summed E-state index contributed by atoms with van der Waals surface area (Å²) in [6.07, 6.45) is 1.13. The van der Waals surface area contributed by atoms with Crippen LogP contribution in [0.2, 0.25) is 0 Å². The molecule has 0 unspecified atom stereocenters. The first-order chi connectivity index (χ1) is 3.77. The van der Waals surface area contributed by atoms with Gasteiger partial charge in [-0.2, -0.15) is 0 Å². The summed E-state index contributed by atoms with van der Waals surface area (Å²) in [7, 11) is 0. The minimum absolute atomic E-state index is 0.0266. The van der Waals surface area contributed by atoms with Crippen LogP contribution in [-0.4, -0.2) is 23.7 Å². The zero-order valence-electron chi connectivity index (χ0n) is 4.13. The Kier molecular flexibility index (Phi) is 3.44. The van der Waals surface area contributed by atoms with Gasteiger partial charge in [-0.1, -0.05) is 0 Å². The van der Waals surface area contributed by atoms with Crippen molar-refractivity contribution in [3.8, 4) is 0 Å². The maximum Gasteiger partial charge on any atom is 0.305 e. The van der Waals surface area contributed by atoms with E-state index in [1.54, 1.807) is 0 Å². The molecule has 0 radical (unpaired) electrons. The number of nitrogens with zero attached hydrogens (tertiary/aromatic N) is 1. The molecule has 0 aromatic rings. The van der Waals surface area contributed by atoms with Gasteiger partial charge in [0.05, 0.1) is 13.0 Å². The number of carboxylic acids is 1. The lowest BCUT2D eigenvalue weighted by Crippen LogP contribution is -1.95. The van der Waals surface area contributed by atoms with Gasteiger partial charge in [-0.25, -0.2) is 9.79 Å². The maximum absolute atomic E-state index is 9.68. The van der Waals surface area contributed by atoms with E-state index >= 15 is 0 Å². The summed E-state index contributed by atoms with van der Waals surface area (Å²) in [6.45, 7) is 0.0266. The van der Waals surface area contributed by atoms with Gasteiger partial charge in [-0.3, -0.25) is 4.79 Å². The van der Waals surface area contributed by atoms with E-state index in [4.69, 9.17) is 5.11 Å². The summed E-state index contributed by atoms with van der Waals surface area (Å²) in [6, 6.07) is 0. The fourth-order valence-electron chi connectivity index (χ4n) is 0.197. The van der Waals surface area contributed by atoms with Gasteiger partial charge in [0.25, 0.3) is 0 Å². The number of carbonyl (C=O) groups excluding carboxylic acids is 1. The largest absolute Gasteiger partial charge is 0.481 e. The fourth-order valence-corrected chi connectivity index (χ4v) is 0.197. The van der Waals surface area contributed by atoms with Gasteiger partial charge in [-0.15, -0.1) is 0 Å². The van der Waals surface area contributed by atoms with Crippen molar-refractivity contribution in [3.05, 3.63) is 0 Å². The van der Waals surface area contributed by atoms with E-state index < -0.39 is 5.97 Å². The SMILES string of the molecule is O=C=NCCC(=O)O. The number of hydrogen-bond acceptors (Lipinski definition) is 3. The number of aliphatic carboxylic acids is 1. The smallest absolute Gasteiger partial charge is 0.305 e. The van der Waals surface area contributed by atoms with E-state index in [1.165, 1.54) is 6.08 Å². The molecule has 0 aliphatic rings. The van der Waals surface area contributed by atoms with Crippen molar-refractivity contribution in [1.82, 2.24) is 0 Å². The Hall–Kier alpha value is -1.15. The van der Waals surface area contributed by atoms with Crippen LogP contribution < -0.4 is 0 Å². The molecule has 0 aromatic heterocycles. The monoisotopic (exact) mass is 115 g/mol.